The van der Waals surface area contributed by atoms with Crippen molar-refractivity contribution in [1.29, 1.82) is 0 Å². The monoisotopic (exact) mass is 297 g/mol. The average Bonchev–Trinajstić information content (AvgIpc) is 2.39. The molecule has 124 valence electrons. The molecule has 0 spiro atoms. The third-order valence-electron chi connectivity index (χ3n) is 5.35. The normalized spacial score (nSPS) is 26.9. The molecule has 1 rings (SSSR count). The van der Waals surface area contributed by atoms with E-state index in [2.05, 4.69) is 39.5 Å². The Balaban J connectivity index is 2.83. The molecule has 1 aliphatic carbocycles. The molecule has 0 atom stereocenters. The molecule has 1 saturated carbocycles. The standard InChI is InChI=1S/C18H35NO2/c1-7-19(8-2)18(14-16(20)21-9-3)12-10-15(11-13-18)17(4,5)6/h15H,7-14H2,1-6H3. The Bertz CT molecular complexity index is 321. The molecule has 0 heterocycles. The van der Waals surface area contributed by atoms with Gasteiger partial charge in [0, 0.05) is 5.54 Å². The lowest BCUT2D eigenvalue weighted by molar-refractivity contribution is -0.148. The quantitative estimate of drug-likeness (QED) is 0.686. The molecule has 1 fully saturated rings. The van der Waals surface area contributed by atoms with Crippen molar-refractivity contribution in [2.75, 3.05) is 19.7 Å². The van der Waals surface area contributed by atoms with Crippen LogP contribution < -0.4 is 0 Å². The summed E-state index contributed by atoms with van der Waals surface area (Å²) >= 11 is 0. The van der Waals surface area contributed by atoms with Crippen LogP contribution in [-0.4, -0.2) is 36.1 Å². The maximum atomic E-state index is 12.1. The van der Waals surface area contributed by atoms with E-state index in [0.29, 0.717) is 18.4 Å². The van der Waals surface area contributed by atoms with Gasteiger partial charge in [0.1, 0.15) is 0 Å². The highest BCUT2D eigenvalue weighted by molar-refractivity contribution is 5.71. The Kier molecular flexibility index (Phi) is 6.71. The summed E-state index contributed by atoms with van der Waals surface area (Å²) in [5, 5.41) is 0. The zero-order chi connectivity index (χ0) is 16.1. The number of esters is 1. The maximum absolute atomic E-state index is 12.1. The number of carbonyl (C=O) groups is 1. The zero-order valence-corrected chi connectivity index (χ0v) is 15.0. The molecule has 0 aromatic rings. The van der Waals surface area contributed by atoms with Crippen molar-refractivity contribution in [3.05, 3.63) is 0 Å². The first-order valence-electron chi connectivity index (χ1n) is 8.69. The minimum Gasteiger partial charge on any atom is -0.466 e. The van der Waals surface area contributed by atoms with Gasteiger partial charge in [-0.3, -0.25) is 9.69 Å². The minimum atomic E-state index is -0.0291. The Morgan fingerprint density at radius 1 is 1.14 bits per heavy atom. The van der Waals surface area contributed by atoms with E-state index in [1.807, 2.05) is 6.92 Å². The van der Waals surface area contributed by atoms with Crippen LogP contribution in [0.1, 0.15) is 73.6 Å². The van der Waals surface area contributed by atoms with E-state index in [0.717, 1.165) is 31.8 Å². The molecule has 0 aromatic heterocycles. The van der Waals surface area contributed by atoms with Crippen LogP contribution in [0, 0.1) is 11.3 Å². The first-order chi connectivity index (χ1) is 9.79. The highest BCUT2D eigenvalue weighted by Gasteiger charge is 2.43. The van der Waals surface area contributed by atoms with E-state index < -0.39 is 0 Å². The fourth-order valence-corrected chi connectivity index (χ4v) is 4.00. The predicted molar refractivity (Wildman–Crippen MR) is 88.3 cm³/mol. The van der Waals surface area contributed by atoms with Crippen LogP contribution in [-0.2, 0) is 9.53 Å². The fourth-order valence-electron chi connectivity index (χ4n) is 4.00. The highest BCUT2D eigenvalue weighted by Crippen LogP contribution is 2.45. The largest absolute Gasteiger partial charge is 0.466 e. The molecule has 21 heavy (non-hydrogen) atoms. The molecule has 0 aliphatic heterocycles. The van der Waals surface area contributed by atoms with Crippen molar-refractivity contribution in [3.8, 4) is 0 Å². The van der Waals surface area contributed by atoms with Gasteiger partial charge in [-0.1, -0.05) is 34.6 Å². The van der Waals surface area contributed by atoms with Crippen LogP contribution in [0.5, 0.6) is 0 Å². The number of hydrogen-bond donors (Lipinski definition) is 0. The summed E-state index contributed by atoms with van der Waals surface area (Å²) in [5.41, 5.74) is 0.400. The van der Waals surface area contributed by atoms with Gasteiger partial charge in [0.25, 0.3) is 0 Å². The second-order valence-corrected chi connectivity index (χ2v) is 7.52. The molecule has 0 aromatic carbocycles. The van der Waals surface area contributed by atoms with E-state index in [1.165, 1.54) is 12.8 Å². The van der Waals surface area contributed by atoms with E-state index in [9.17, 15) is 4.79 Å². The molecule has 3 heteroatoms. The maximum Gasteiger partial charge on any atom is 0.307 e. The van der Waals surface area contributed by atoms with Crippen molar-refractivity contribution in [2.24, 2.45) is 11.3 Å². The van der Waals surface area contributed by atoms with Gasteiger partial charge in [-0.15, -0.1) is 0 Å². The molecule has 1 aliphatic rings. The summed E-state index contributed by atoms with van der Waals surface area (Å²) in [5.74, 6) is 0.738. The minimum absolute atomic E-state index is 0.0253. The van der Waals surface area contributed by atoms with Crippen molar-refractivity contribution in [2.45, 2.75) is 79.2 Å². The Morgan fingerprint density at radius 3 is 2.05 bits per heavy atom. The fraction of sp³-hybridized carbons (Fsp3) is 0.944. The Labute approximate surface area is 131 Å². The summed E-state index contributed by atoms with van der Waals surface area (Å²) in [6.45, 7) is 15.8. The van der Waals surface area contributed by atoms with Gasteiger partial charge in [0.05, 0.1) is 13.0 Å². The summed E-state index contributed by atoms with van der Waals surface area (Å²) in [7, 11) is 0. The number of rotatable bonds is 6. The molecule has 0 N–H and O–H groups in total. The summed E-state index contributed by atoms with van der Waals surface area (Å²) in [6.07, 6.45) is 5.24. The Morgan fingerprint density at radius 2 is 1.67 bits per heavy atom. The average molecular weight is 297 g/mol. The lowest BCUT2D eigenvalue weighted by Gasteiger charge is -2.49. The smallest absolute Gasteiger partial charge is 0.307 e. The Hall–Kier alpha value is -0.570. The summed E-state index contributed by atoms with van der Waals surface area (Å²) < 4.78 is 5.24. The number of hydrogen-bond acceptors (Lipinski definition) is 3. The van der Waals surface area contributed by atoms with Gasteiger partial charge < -0.3 is 4.74 Å². The van der Waals surface area contributed by atoms with Crippen molar-refractivity contribution < 1.29 is 9.53 Å². The van der Waals surface area contributed by atoms with Crippen molar-refractivity contribution in [3.63, 3.8) is 0 Å². The van der Waals surface area contributed by atoms with Gasteiger partial charge in [-0.05, 0) is 57.0 Å². The van der Waals surface area contributed by atoms with Crippen LogP contribution in [0.25, 0.3) is 0 Å². The number of ether oxygens (including phenoxy) is 1. The van der Waals surface area contributed by atoms with E-state index in [1.54, 1.807) is 0 Å². The molecular formula is C18H35NO2. The second-order valence-electron chi connectivity index (χ2n) is 7.52. The molecule has 0 unspecified atom stereocenters. The molecule has 0 saturated heterocycles. The van der Waals surface area contributed by atoms with Gasteiger partial charge in [-0.25, -0.2) is 0 Å². The summed E-state index contributed by atoms with van der Waals surface area (Å²) in [6, 6.07) is 0. The lowest BCUT2D eigenvalue weighted by Crippen LogP contribution is -2.53. The van der Waals surface area contributed by atoms with E-state index in [4.69, 9.17) is 4.74 Å². The van der Waals surface area contributed by atoms with Crippen LogP contribution in [0.4, 0.5) is 0 Å². The van der Waals surface area contributed by atoms with E-state index >= 15 is 0 Å². The first kappa shape index (κ1) is 18.5. The molecule has 0 amide bonds. The topological polar surface area (TPSA) is 29.5 Å². The molecule has 3 nitrogen and oxygen atoms in total. The molecular weight excluding hydrogens is 262 g/mol. The predicted octanol–water partition coefficient (Wildman–Crippen LogP) is 4.26. The van der Waals surface area contributed by atoms with Crippen molar-refractivity contribution in [1.82, 2.24) is 4.90 Å². The van der Waals surface area contributed by atoms with Gasteiger partial charge in [0.15, 0.2) is 0 Å². The SMILES string of the molecule is CCOC(=O)CC1(N(CC)CC)CCC(C(C)(C)C)CC1. The second kappa shape index (κ2) is 7.62. The first-order valence-corrected chi connectivity index (χ1v) is 8.69. The van der Waals surface area contributed by atoms with Crippen LogP contribution in [0.15, 0.2) is 0 Å². The summed E-state index contributed by atoms with van der Waals surface area (Å²) in [4.78, 5) is 14.6. The number of carbonyl (C=O) groups excluding carboxylic acids is 1. The van der Waals surface area contributed by atoms with Crippen LogP contribution in [0.3, 0.4) is 0 Å². The van der Waals surface area contributed by atoms with Gasteiger partial charge in [0.2, 0.25) is 0 Å². The van der Waals surface area contributed by atoms with Crippen LogP contribution >= 0.6 is 0 Å². The van der Waals surface area contributed by atoms with Gasteiger partial charge in [-0.2, -0.15) is 0 Å². The van der Waals surface area contributed by atoms with E-state index in [-0.39, 0.29) is 11.5 Å². The van der Waals surface area contributed by atoms with Crippen molar-refractivity contribution >= 4 is 5.97 Å². The third-order valence-corrected chi connectivity index (χ3v) is 5.35. The molecule has 0 bridgehead atoms. The van der Waals surface area contributed by atoms with Crippen LogP contribution in [0.2, 0.25) is 0 Å². The zero-order valence-electron chi connectivity index (χ0n) is 15.0. The number of nitrogens with zero attached hydrogens (tertiary/aromatic N) is 1. The third kappa shape index (κ3) is 4.70. The molecule has 0 radical (unpaired) electrons. The highest BCUT2D eigenvalue weighted by atomic mass is 16.5. The lowest BCUT2D eigenvalue weighted by atomic mass is 9.66. The van der Waals surface area contributed by atoms with Gasteiger partial charge >= 0.3 is 5.97 Å².